The highest BCUT2D eigenvalue weighted by Gasteiger charge is 2.33. The molecule has 142 valence electrons. The minimum atomic E-state index is -0.442. The minimum Gasteiger partial charge on any atom is -0.385 e. The Balaban J connectivity index is 1.64. The van der Waals surface area contributed by atoms with Crippen molar-refractivity contribution in [1.29, 1.82) is 0 Å². The first kappa shape index (κ1) is 17.6. The molecule has 0 atom stereocenters. The number of hydrazine groups is 1. The lowest BCUT2D eigenvalue weighted by Crippen LogP contribution is -2.27. The van der Waals surface area contributed by atoms with Crippen molar-refractivity contribution in [3.8, 4) is 0 Å². The Hall–Kier alpha value is -2.80. The van der Waals surface area contributed by atoms with Gasteiger partial charge in [-0.15, -0.1) is 0 Å². The molecule has 3 N–H and O–H groups in total. The fraction of sp³-hybridized carbons (Fsp3) is 0.400. The van der Waals surface area contributed by atoms with E-state index in [9.17, 15) is 4.79 Å². The van der Waals surface area contributed by atoms with Crippen LogP contribution in [-0.4, -0.2) is 15.7 Å². The van der Waals surface area contributed by atoms with E-state index in [0.29, 0.717) is 16.7 Å². The number of aryl methyl sites for hydroxylation is 1. The number of fused-ring (bicyclic) bond motifs is 1. The molecular weight excluding hydrogens is 342 g/mol. The molecule has 2 aromatic rings. The first-order valence-electron chi connectivity index (χ1n) is 9.30. The van der Waals surface area contributed by atoms with E-state index >= 15 is 0 Å². The predicted molar refractivity (Wildman–Crippen MR) is 103 cm³/mol. The van der Waals surface area contributed by atoms with Gasteiger partial charge in [-0.2, -0.15) is 5.10 Å². The van der Waals surface area contributed by atoms with Crippen molar-refractivity contribution < 1.29 is 9.63 Å². The van der Waals surface area contributed by atoms with Crippen LogP contribution in [0.4, 0.5) is 5.69 Å². The van der Waals surface area contributed by atoms with Crippen LogP contribution in [0.25, 0.3) is 5.76 Å². The van der Waals surface area contributed by atoms with Crippen molar-refractivity contribution in [1.82, 2.24) is 15.4 Å². The normalized spacial score (nSPS) is 18.0. The molecule has 0 spiro atoms. The number of amides is 1. The highest BCUT2D eigenvalue weighted by molar-refractivity contribution is 5.93. The Labute approximate surface area is 158 Å². The molecule has 0 bridgehead atoms. The fourth-order valence-electron chi connectivity index (χ4n) is 3.75. The number of hydrogen-bond acceptors (Lipinski definition) is 5. The van der Waals surface area contributed by atoms with Crippen LogP contribution < -0.4 is 16.3 Å². The number of nitrogens with one attached hydrogen (secondary N) is 1. The number of nitrogens with zero attached hydrogens (tertiary/aromatic N) is 3. The Kier molecular flexibility index (Phi) is 4.19. The van der Waals surface area contributed by atoms with Gasteiger partial charge in [0.25, 0.3) is 0 Å². The van der Waals surface area contributed by atoms with Crippen LogP contribution in [0.3, 0.4) is 0 Å². The van der Waals surface area contributed by atoms with E-state index in [1.165, 1.54) is 11.3 Å². The summed E-state index contributed by atoms with van der Waals surface area (Å²) in [5.74, 6) is 0.264. The number of carbonyl (C=O) groups excluding carboxylic acids is 1. The zero-order chi connectivity index (χ0) is 19.2. The molecule has 0 saturated heterocycles. The highest BCUT2D eigenvalue weighted by Crippen LogP contribution is 2.38. The molecule has 2 heterocycles. The van der Waals surface area contributed by atoms with E-state index in [4.69, 9.17) is 15.7 Å². The Morgan fingerprint density at radius 2 is 2.07 bits per heavy atom. The molecule has 27 heavy (non-hydrogen) atoms. The summed E-state index contributed by atoms with van der Waals surface area (Å²) in [6.07, 6.45) is 5.07. The zero-order valence-corrected chi connectivity index (χ0v) is 16.0. The van der Waals surface area contributed by atoms with Gasteiger partial charge in [0, 0.05) is 23.4 Å². The van der Waals surface area contributed by atoms with Crippen molar-refractivity contribution in [2.24, 2.45) is 11.1 Å². The Bertz CT molecular complexity index is 911. The average molecular weight is 367 g/mol. The van der Waals surface area contributed by atoms with Gasteiger partial charge in [-0.25, -0.2) is 5.01 Å². The molecule has 0 saturated carbocycles. The Morgan fingerprint density at radius 3 is 2.74 bits per heavy atom. The first-order chi connectivity index (χ1) is 12.9. The lowest BCUT2D eigenvalue weighted by atomic mass is 9.76. The van der Waals surface area contributed by atoms with Crippen LogP contribution in [0.15, 0.2) is 30.5 Å². The molecule has 1 amide bonds. The number of hydrogen-bond donors (Lipinski definition) is 2. The molecule has 2 aliphatic rings. The monoisotopic (exact) mass is 367 g/mol. The summed E-state index contributed by atoms with van der Waals surface area (Å²) >= 11 is 0. The van der Waals surface area contributed by atoms with Crippen LogP contribution in [0.1, 0.15) is 54.5 Å². The van der Waals surface area contributed by atoms with Gasteiger partial charge >= 0.3 is 0 Å². The molecule has 1 aromatic carbocycles. The number of primary amides is 1. The SMILES string of the molecule is CCn1nc(C2=CN(c3ccc(C(N)=O)cc3)NO2)c2c1CC(C)(C)CC2. The summed E-state index contributed by atoms with van der Waals surface area (Å²) in [4.78, 5) is 17.0. The van der Waals surface area contributed by atoms with E-state index in [2.05, 4.69) is 31.0 Å². The van der Waals surface area contributed by atoms with Crippen LogP contribution in [0.2, 0.25) is 0 Å². The van der Waals surface area contributed by atoms with Gasteiger partial charge < -0.3 is 10.6 Å². The molecule has 0 radical (unpaired) electrons. The van der Waals surface area contributed by atoms with Crippen LogP contribution in [0, 0.1) is 5.41 Å². The van der Waals surface area contributed by atoms with Gasteiger partial charge in [-0.05, 0) is 55.9 Å². The van der Waals surface area contributed by atoms with E-state index < -0.39 is 5.91 Å². The maximum atomic E-state index is 11.2. The third-order valence-electron chi connectivity index (χ3n) is 5.33. The topological polar surface area (TPSA) is 85.4 Å². The van der Waals surface area contributed by atoms with Crippen molar-refractivity contribution in [3.05, 3.63) is 53.0 Å². The van der Waals surface area contributed by atoms with E-state index in [1.807, 2.05) is 18.3 Å². The van der Waals surface area contributed by atoms with Crippen molar-refractivity contribution in [2.75, 3.05) is 5.01 Å². The van der Waals surface area contributed by atoms with Gasteiger partial charge in [0.15, 0.2) is 5.76 Å². The summed E-state index contributed by atoms with van der Waals surface area (Å²) in [5.41, 5.74) is 13.3. The van der Waals surface area contributed by atoms with E-state index in [0.717, 1.165) is 37.2 Å². The summed E-state index contributed by atoms with van der Waals surface area (Å²) in [6.45, 7) is 7.59. The van der Waals surface area contributed by atoms with Gasteiger partial charge in [-0.1, -0.05) is 19.4 Å². The molecule has 0 unspecified atom stereocenters. The lowest BCUT2D eigenvalue weighted by Gasteiger charge is -2.30. The molecule has 7 nitrogen and oxygen atoms in total. The zero-order valence-electron chi connectivity index (χ0n) is 16.0. The maximum absolute atomic E-state index is 11.2. The molecule has 0 fully saturated rings. The third-order valence-corrected chi connectivity index (χ3v) is 5.33. The maximum Gasteiger partial charge on any atom is 0.248 e. The standard InChI is InChI=1S/C20H25N5O2/c1-4-24-16-11-20(2,3)10-9-15(16)18(22-24)17-12-25(23-27-17)14-7-5-13(6-8-14)19(21)26/h5-8,12,23H,4,9-11H2,1-3H3,(H2,21,26). The second-order valence-corrected chi connectivity index (χ2v) is 7.90. The highest BCUT2D eigenvalue weighted by atomic mass is 16.7. The lowest BCUT2D eigenvalue weighted by molar-refractivity contribution is 0.100. The number of carbonyl (C=O) groups is 1. The summed E-state index contributed by atoms with van der Waals surface area (Å²) in [7, 11) is 0. The third kappa shape index (κ3) is 3.19. The van der Waals surface area contributed by atoms with Crippen LogP contribution >= 0.6 is 0 Å². The Morgan fingerprint density at radius 1 is 1.33 bits per heavy atom. The molecule has 1 aromatic heterocycles. The van der Waals surface area contributed by atoms with Crippen LogP contribution in [-0.2, 0) is 24.2 Å². The molecule has 4 rings (SSSR count). The van der Waals surface area contributed by atoms with Gasteiger partial charge in [0.1, 0.15) is 5.69 Å². The molecule has 1 aliphatic carbocycles. The number of benzene rings is 1. The van der Waals surface area contributed by atoms with Crippen molar-refractivity contribution in [2.45, 2.75) is 46.6 Å². The largest absolute Gasteiger partial charge is 0.385 e. The summed E-state index contributed by atoms with van der Waals surface area (Å²) in [6, 6.07) is 7.03. The fourth-order valence-corrected chi connectivity index (χ4v) is 3.75. The first-order valence-corrected chi connectivity index (χ1v) is 9.30. The predicted octanol–water partition coefficient (Wildman–Crippen LogP) is 2.77. The molecule has 7 heteroatoms. The molecule has 1 aliphatic heterocycles. The van der Waals surface area contributed by atoms with Gasteiger partial charge in [-0.3, -0.25) is 9.48 Å². The van der Waals surface area contributed by atoms with Crippen LogP contribution in [0.5, 0.6) is 0 Å². The number of nitrogens with two attached hydrogens (primary N) is 1. The molecular formula is C20H25N5O2. The summed E-state index contributed by atoms with van der Waals surface area (Å²) < 4.78 is 2.10. The number of rotatable bonds is 4. The second-order valence-electron chi connectivity index (χ2n) is 7.90. The van der Waals surface area contributed by atoms with Crippen molar-refractivity contribution >= 4 is 17.4 Å². The van der Waals surface area contributed by atoms with Gasteiger partial charge in [0.2, 0.25) is 5.91 Å². The van der Waals surface area contributed by atoms with Crippen molar-refractivity contribution in [3.63, 3.8) is 0 Å². The minimum absolute atomic E-state index is 0.300. The smallest absolute Gasteiger partial charge is 0.248 e. The number of anilines is 1. The van der Waals surface area contributed by atoms with E-state index in [-0.39, 0.29) is 0 Å². The van der Waals surface area contributed by atoms with E-state index in [1.54, 1.807) is 17.1 Å². The second kappa shape index (κ2) is 6.42. The summed E-state index contributed by atoms with van der Waals surface area (Å²) in [5, 5.41) is 6.59. The quantitative estimate of drug-likeness (QED) is 0.868. The average Bonchev–Trinajstić information content (AvgIpc) is 3.25. The number of aromatic nitrogens is 2. The van der Waals surface area contributed by atoms with Gasteiger partial charge in [0.05, 0.1) is 11.9 Å².